The Morgan fingerprint density at radius 3 is 2.50 bits per heavy atom. The maximum atomic E-state index is 10.1. The van der Waals surface area contributed by atoms with Crippen LogP contribution >= 0.6 is 12.2 Å². The second kappa shape index (κ2) is 6.51. The smallest absolute Gasteiger partial charge is 0.114 e. The van der Waals surface area contributed by atoms with Crippen molar-refractivity contribution in [2.45, 2.75) is 30.5 Å². The van der Waals surface area contributed by atoms with Crippen molar-refractivity contribution < 1.29 is 25.2 Å². The van der Waals surface area contributed by atoms with Crippen LogP contribution in [-0.4, -0.2) is 56.6 Å². The molecule has 0 bridgehead atoms. The monoisotopic (exact) mass is 297 g/mol. The molecule has 2 rings (SSSR count). The number of aliphatic hydroxyl groups excluding tert-OH is 4. The highest BCUT2D eigenvalue weighted by atomic mass is 32.1. The summed E-state index contributed by atoms with van der Waals surface area (Å²) in [5.74, 6) is 0. The highest BCUT2D eigenvalue weighted by Gasteiger charge is 2.44. The number of aliphatic hydroxyl groups is 4. The highest BCUT2D eigenvalue weighted by Crippen LogP contribution is 2.36. The number of nitrogens with zero attached hydrogens (tertiary/aromatic N) is 1. The molecule has 1 heterocycles. The van der Waals surface area contributed by atoms with Gasteiger partial charge in [-0.25, -0.2) is 0 Å². The van der Waals surface area contributed by atoms with E-state index in [0.717, 1.165) is 0 Å². The zero-order valence-corrected chi connectivity index (χ0v) is 11.3. The van der Waals surface area contributed by atoms with Gasteiger partial charge < -0.3 is 25.2 Å². The van der Waals surface area contributed by atoms with Gasteiger partial charge in [0.15, 0.2) is 0 Å². The molecule has 1 aliphatic heterocycles. The SMILES string of the molecule is OC[C@H]1OC(c2ccccc2N=C=S)[C@H](O)[C@@H](O)[C@H]1O. The Morgan fingerprint density at radius 1 is 1.15 bits per heavy atom. The fourth-order valence-corrected chi connectivity index (χ4v) is 2.34. The normalized spacial score (nSPS) is 33.5. The molecule has 1 fully saturated rings. The molecular weight excluding hydrogens is 282 g/mol. The van der Waals surface area contributed by atoms with Crippen LogP contribution in [-0.2, 0) is 4.74 Å². The molecule has 0 saturated carbocycles. The predicted octanol–water partition coefficient (Wildman–Crippen LogP) is -0.0642. The molecule has 1 aromatic rings. The van der Waals surface area contributed by atoms with Crippen molar-refractivity contribution in [3.63, 3.8) is 0 Å². The largest absolute Gasteiger partial charge is 0.394 e. The van der Waals surface area contributed by atoms with Gasteiger partial charge in [0.05, 0.1) is 17.5 Å². The summed E-state index contributed by atoms with van der Waals surface area (Å²) >= 11 is 4.56. The Hall–Kier alpha value is -1.18. The Kier molecular flexibility index (Phi) is 4.95. The van der Waals surface area contributed by atoms with Gasteiger partial charge in [-0.3, -0.25) is 0 Å². The molecule has 20 heavy (non-hydrogen) atoms. The summed E-state index contributed by atoms with van der Waals surface area (Å²) in [6, 6.07) is 6.78. The number of aliphatic imine (C=N–C) groups is 1. The van der Waals surface area contributed by atoms with E-state index in [1.54, 1.807) is 24.3 Å². The number of thiocarbonyl (C=S) groups is 1. The second-order valence-corrected chi connectivity index (χ2v) is 4.69. The van der Waals surface area contributed by atoms with Gasteiger partial charge in [0.25, 0.3) is 0 Å². The Labute approximate surface area is 121 Å². The van der Waals surface area contributed by atoms with Crippen molar-refractivity contribution in [3.8, 4) is 0 Å². The lowest BCUT2D eigenvalue weighted by atomic mass is 9.90. The van der Waals surface area contributed by atoms with E-state index in [4.69, 9.17) is 4.74 Å². The van der Waals surface area contributed by atoms with Crippen LogP contribution in [0, 0.1) is 0 Å². The first-order chi connectivity index (χ1) is 9.60. The topological polar surface area (TPSA) is 103 Å². The molecular formula is C13H15NO5S. The van der Waals surface area contributed by atoms with E-state index in [9.17, 15) is 20.4 Å². The minimum absolute atomic E-state index is 0.451. The minimum Gasteiger partial charge on any atom is -0.394 e. The van der Waals surface area contributed by atoms with Crippen molar-refractivity contribution in [2.75, 3.05) is 6.61 Å². The Bertz CT molecular complexity index is 517. The van der Waals surface area contributed by atoms with Crippen molar-refractivity contribution in [2.24, 2.45) is 4.99 Å². The van der Waals surface area contributed by atoms with Gasteiger partial charge in [0.2, 0.25) is 0 Å². The minimum atomic E-state index is -1.42. The molecule has 4 N–H and O–H groups in total. The number of benzene rings is 1. The van der Waals surface area contributed by atoms with Crippen LogP contribution in [0.4, 0.5) is 5.69 Å². The molecule has 1 aliphatic rings. The summed E-state index contributed by atoms with van der Waals surface area (Å²) in [4.78, 5) is 3.88. The van der Waals surface area contributed by atoms with Crippen LogP contribution in [0.15, 0.2) is 29.3 Å². The zero-order chi connectivity index (χ0) is 14.7. The van der Waals surface area contributed by atoms with Crippen LogP contribution in [0.2, 0.25) is 0 Å². The first kappa shape index (κ1) is 15.2. The van der Waals surface area contributed by atoms with Crippen molar-refractivity contribution in [3.05, 3.63) is 29.8 Å². The molecule has 5 atom stereocenters. The number of isothiocyanates is 1. The van der Waals surface area contributed by atoms with Gasteiger partial charge in [-0.15, -0.1) is 0 Å². The van der Waals surface area contributed by atoms with Crippen LogP contribution in [0.25, 0.3) is 0 Å². The van der Waals surface area contributed by atoms with E-state index in [1.807, 2.05) is 0 Å². The van der Waals surface area contributed by atoms with Gasteiger partial charge in [-0.1, -0.05) is 18.2 Å². The first-order valence-corrected chi connectivity index (χ1v) is 6.48. The van der Waals surface area contributed by atoms with Gasteiger partial charge in [0, 0.05) is 5.56 Å². The Morgan fingerprint density at radius 2 is 1.85 bits per heavy atom. The fraction of sp³-hybridized carbons (Fsp3) is 0.462. The van der Waals surface area contributed by atoms with Crippen molar-refractivity contribution in [1.29, 1.82) is 0 Å². The van der Waals surface area contributed by atoms with Gasteiger partial charge in [-0.05, 0) is 18.3 Å². The molecule has 0 aromatic heterocycles. The van der Waals surface area contributed by atoms with Crippen molar-refractivity contribution >= 4 is 23.1 Å². The van der Waals surface area contributed by atoms with Gasteiger partial charge in [-0.2, -0.15) is 4.99 Å². The fourth-order valence-electron chi connectivity index (χ4n) is 2.24. The lowest BCUT2D eigenvalue weighted by Gasteiger charge is -2.40. The third-order valence-electron chi connectivity index (χ3n) is 3.30. The molecule has 1 aromatic carbocycles. The molecule has 0 radical (unpaired) electrons. The molecule has 108 valence electrons. The quantitative estimate of drug-likeness (QED) is 0.460. The molecule has 1 saturated heterocycles. The van der Waals surface area contributed by atoms with E-state index in [-0.39, 0.29) is 0 Å². The summed E-state index contributed by atoms with van der Waals surface area (Å²) in [5.41, 5.74) is 0.952. The van der Waals surface area contributed by atoms with Crippen LogP contribution in [0.5, 0.6) is 0 Å². The standard InChI is InChI=1S/C13H15NO5S/c15-5-9-10(16)11(17)12(18)13(19-9)7-3-1-2-4-8(7)14-6-20/h1-4,9-13,15-18H,5H2/t9-,10+,11+,12-,13?/m1/s1. The molecule has 0 aliphatic carbocycles. The number of rotatable bonds is 3. The Balaban J connectivity index is 2.38. The maximum Gasteiger partial charge on any atom is 0.114 e. The van der Waals surface area contributed by atoms with E-state index >= 15 is 0 Å². The molecule has 0 amide bonds. The molecule has 6 nitrogen and oxygen atoms in total. The average molecular weight is 297 g/mol. The summed E-state index contributed by atoms with van der Waals surface area (Å²) in [6.07, 6.45) is -6.02. The summed E-state index contributed by atoms with van der Waals surface area (Å²) in [7, 11) is 0. The number of hydrogen-bond acceptors (Lipinski definition) is 7. The van der Waals surface area contributed by atoms with E-state index < -0.39 is 37.1 Å². The van der Waals surface area contributed by atoms with Crippen molar-refractivity contribution in [1.82, 2.24) is 0 Å². The summed E-state index contributed by atoms with van der Waals surface area (Å²) < 4.78 is 5.47. The first-order valence-electron chi connectivity index (χ1n) is 6.07. The predicted molar refractivity (Wildman–Crippen MR) is 73.8 cm³/mol. The third kappa shape index (κ3) is 2.79. The van der Waals surface area contributed by atoms with E-state index in [1.165, 1.54) is 0 Å². The number of ether oxygens (including phenoxy) is 1. The van der Waals surface area contributed by atoms with Crippen LogP contribution in [0.3, 0.4) is 0 Å². The van der Waals surface area contributed by atoms with E-state index in [2.05, 4.69) is 22.4 Å². The average Bonchev–Trinajstić information content (AvgIpc) is 2.47. The lowest BCUT2D eigenvalue weighted by Crippen LogP contribution is -2.55. The second-order valence-electron chi connectivity index (χ2n) is 4.51. The zero-order valence-electron chi connectivity index (χ0n) is 10.5. The summed E-state index contributed by atoms with van der Waals surface area (Å²) in [6.45, 7) is -0.472. The molecule has 1 unspecified atom stereocenters. The molecule has 7 heteroatoms. The van der Waals surface area contributed by atoms with Gasteiger partial charge in [0.1, 0.15) is 30.5 Å². The third-order valence-corrected chi connectivity index (χ3v) is 3.39. The molecule has 0 spiro atoms. The maximum absolute atomic E-state index is 10.1. The lowest BCUT2D eigenvalue weighted by molar-refractivity contribution is -0.231. The number of para-hydroxylation sites is 1. The van der Waals surface area contributed by atoms with E-state index in [0.29, 0.717) is 11.3 Å². The number of hydrogen-bond donors (Lipinski definition) is 4. The highest BCUT2D eigenvalue weighted by molar-refractivity contribution is 7.78. The van der Waals surface area contributed by atoms with Gasteiger partial charge >= 0.3 is 0 Å². The van der Waals surface area contributed by atoms with Crippen LogP contribution < -0.4 is 0 Å². The summed E-state index contributed by atoms with van der Waals surface area (Å²) in [5, 5.41) is 41.0. The van der Waals surface area contributed by atoms with Crippen LogP contribution in [0.1, 0.15) is 11.7 Å².